The molecule has 4 heterocycles. The second-order valence-corrected chi connectivity index (χ2v) is 12.7. The van der Waals surface area contributed by atoms with Gasteiger partial charge in [-0.3, -0.25) is 4.55 Å². The molecule has 0 unspecified atom stereocenters. The Hall–Kier alpha value is -1.87. The molecular weight excluding hydrogens is 718 g/mol. The lowest BCUT2D eigenvalue weighted by Gasteiger charge is -2.48. The van der Waals surface area contributed by atoms with Crippen LogP contribution in [-0.4, -0.2) is 217 Å². The van der Waals surface area contributed by atoms with Gasteiger partial charge >= 0.3 is 22.3 Å². The van der Waals surface area contributed by atoms with Gasteiger partial charge in [0.05, 0.1) is 25.9 Å². The standard InChI is InChI=1S/C24H39NO24S/c25-7-9(30)15(44-23-12(33)10(31)11(32)17(47-23)20(35)36)6(3-28)43-22(7)46-16-13(34)18(49-50(39,40)41)24(48-19(16)21(37)38)45-14-5(2-27)42-4(1-26)8(14)29/h4-19,22-24,26-34H,1-3,25H2,(H,35,36)(H,37,38)(H,39,40,41)/t4-,5-,6-,7-,8-,9-,10+,11+,12-,13+,14-,15-,16+,17-,18-,19-,22-,23-,24-/m1/s1. The first kappa shape index (κ1) is 40.9. The number of hydrogen-bond donors (Lipinski definition) is 13. The van der Waals surface area contributed by atoms with Gasteiger partial charge in [0.15, 0.2) is 37.2 Å². The molecule has 4 fully saturated rings. The van der Waals surface area contributed by atoms with Crippen molar-refractivity contribution in [3.63, 3.8) is 0 Å². The maximum absolute atomic E-state index is 12.3. The summed E-state index contributed by atoms with van der Waals surface area (Å²) in [5.74, 6) is -3.66. The van der Waals surface area contributed by atoms with Crippen LogP contribution in [0.15, 0.2) is 0 Å². The molecule has 0 bridgehead atoms. The van der Waals surface area contributed by atoms with E-state index in [9.17, 15) is 78.7 Å². The number of nitrogens with two attached hydrogens (primary N) is 1. The number of aliphatic carboxylic acids is 2. The fourth-order valence-electron chi connectivity index (χ4n) is 5.82. The number of carboxylic acid groups (broad SMARTS) is 2. The Balaban J connectivity index is 1.56. The maximum atomic E-state index is 12.3. The molecule has 0 aliphatic carbocycles. The molecule has 4 aliphatic heterocycles. The third-order valence-electron chi connectivity index (χ3n) is 8.38. The molecule has 19 atom stereocenters. The Morgan fingerprint density at radius 2 is 1.06 bits per heavy atom. The van der Waals surface area contributed by atoms with Gasteiger partial charge in [-0.25, -0.2) is 13.8 Å². The summed E-state index contributed by atoms with van der Waals surface area (Å²) in [6.07, 6.45) is -35.8. The normalized spacial score (nSPS) is 47.2. The highest BCUT2D eigenvalue weighted by atomic mass is 32.3. The average Bonchev–Trinajstić information content (AvgIpc) is 3.36. The second kappa shape index (κ2) is 16.4. The van der Waals surface area contributed by atoms with Gasteiger partial charge < -0.3 is 95.1 Å². The highest BCUT2D eigenvalue weighted by Gasteiger charge is 2.57. The molecule has 0 radical (unpaired) electrons. The van der Waals surface area contributed by atoms with Gasteiger partial charge in [-0.1, -0.05) is 0 Å². The van der Waals surface area contributed by atoms with Crippen molar-refractivity contribution in [3.05, 3.63) is 0 Å². The zero-order valence-corrected chi connectivity index (χ0v) is 26.2. The molecule has 26 heteroatoms. The summed E-state index contributed by atoms with van der Waals surface area (Å²) < 4.78 is 74.7. The number of aliphatic hydroxyl groups excluding tert-OH is 9. The van der Waals surface area contributed by atoms with Crippen molar-refractivity contribution in [1.82, 2.24) is 0 Å². The van der Waals surface area contributed by atoms with E-state index in [2.05, 4.69) is 4.18 Å². The summed E-state index contributed by atoms with van der Waals surface area (Å²) in [6, 6.07) is -1.82. The van der Waals surface area contributed by atoms with Crippen molar-refractivity contribution >= 4 is 22.3 Å². The predicted octanol–water partition coefficient (Wildman–Crippen LogP) is -9.09. The fourth-order valence-corrected chi connectivity index (χ4v) is 6.30. The first-order valence-corrected chi connectivity index (χ1v) is 16.1. The molecule has 0 aromatic heterocycles. The van der Waals surface area contributed by atoms with Gasteiger partial charge in [0, 0.05) is 0 Å². The molecule has 0 aromatic rings. The largest absolute Gasteiger partial charge is 0.479 e. The molecule has 50 heavy (non-hydrogen) atoms. The topological polar surface area (TPSA) is 411 Å². The minimum absolute atomic E-state index is 0.777. The zero-order chi connectivity index (χ0) is 37.4. The van der Waals surface area contributed by atoms with Gasteiger partial charge in [0.25, 0.3) is 0 Å². The lowest BCUT2D eigenvalue weighted by molar-refractivity contribution is -0.362. The van der Waals surface area contributed by atoms with Gasteiger partial charge in [-0.2, -0.15) is 8.42 Å². The van der Waals surface area contributed by atoms with E-state index >= 15 is 0 Å². The first-order chi connectivity index (χ1) is 23.3. The molecule has 4 saturated heterocycles. The molecule has 4 aliphatic rings. The number of rotatable bonds is 13. The summed E-state index contributed by atoms with van der Waals surface area (Å²) in [5, 5.41) is 111. The van der Waals surface area contributed by atoms with Gasteiger partial charge in [0.1, 0.15) is 73.2 Å². The van der Waals surface area contributed by atoms with Crippen LogP contribution < -0.4 is 5.73 Å². The van der Waals surface area contributed by atoms with E-state index in [0.29, 0.717) is 0 Å². The number of carbonyl (C=O) groups is 2. The van der Waals surface area contributed by atoms with Crippen molar-refractivity contribution in [3.8, 4) is 0 Å². The van der Waals surface area contributed by atoms with E-state index in [-0.39, 0.29) is 0 Å². The van der Waals surface area contributed by atoms with Gasteiger partial charge in [-0.05, 0) is 0 Å². The van der Waals surface area contributed by atoms with Crippen molar-refractivity contribution in [2.45, 2.75) is 116 Å². The van der Waals surface area contributed by atoms with Crippen LogP contribution in [-0.2, 0) is 57.3 Å². The number of aliphatic hydroxyl groups is 9. The van der Waals surface area contributed by atoms with E-state index in [0.717, 1.165) is 0 Å². The van der Waals surface area contributed by atoms with Crippen molar-refractivity contribution < 1.29 is 116 Å². The third-order valence-corrected chi connectivity index (χ3v) is 8.84. The van der Waals surface area contributed by atoms with Crippen LogP contribution in [0.4, 0.5) is 0 Å². The molecule has 0 saturated carbocycles. The van der Waals surface area contributed by atoms with E-state index in [1.165, 1.54) is 0 Å². The maximum Gasteiger partial charge on any atom is 0.397 e. The van der Waals surface area contributed by atoms with Crippen molar-refractivity contribution in [2.24, 2.45) is 5.73 Å². The number of ether oxygens (including phenoxy) is 7. The Bertz CT molecular complexity index is 1270. The minimum Gasteiger partial charge on any atom is -0.479 e. The molecular formula is C24H39NO24S. The van der Waals surface area contributed by atoms with Crippen LogP contribution in [0.3, 0.4) is 0 Å². The predicted molar refractivity (Wildman–Crippen MR) is 146 cm³/mol. The van der Waals surface area contributed by atoms with Gasteiger partial charge in [0.2, 0.25) is 0 Å². The monoisotopic (exact) mass is 757 g/mol. The van der Waals surface area contributed by atoms with Crippen LogP contribution in [0, 0.1) is 0 Å². The lowest BCUT2D eigenvalue weighted by Crippen LogP contribution is -2.69. The molecule has 25 nitrogen and oxygen atoms in total. The van der Waals surface area contributed by atoms with Crippen LogP contribution in [0.25, 0.3) is 0 Å². The van der Waals surface area contributed by atoms with Crippen LogP contribution in [0.2, 0.25) is 0 Å². The summed E-state index contributed by atoms with van der Waals surface area (Å²) >= 11 is 0. The zero-order valence-electron chi connectivity index (χ0n) is 25.3. The molecule has 0 aromatic carbocycles. The Morgan fingerprint density at radius 3 is 1.60 bits per heavy atom. The van der Waals surface area contributed by atoms with E-state index in [4.69, 9.17) is 38.9 Å². The van der Waals surface area contributed by atoms with Crippen LogP contribution >= 0.6 is 0 Å². The minimum atomic E-state index is -5.49. The van der Waals surface area contributed by atoms with E-state index < -0.39 is 159 Å². The Morgan fingerprint density at radius 1 is 0.560 bits per heavy atom. The Kier molecular flexibility index (Phi) is 13.4. The number of hydrogen-bond acceptors (Lipinski definition) is 22. The molecule has 0 spiro atoms. The summed E-state index contributed by atoms with van der Waals surface area (Å²) in [5.41, 5.74) is 6.03. The third kappa shape index (κ3) is 8.50. The summed E-state index contributed by atoms with van der Waals surface area (Å²) in [7, 11) is -5.49. The lowest BCUT2D eigenvalue weighted by atomic mass is 9.95. The van der Waals surface area contributed by atoms with E-state index in [1.54, 1.807) is 0 Å². The fraction of sp³-hybridized carbons (Fsp3) is 0.917. The second-order valence-electron chi connectivity index (χ2n) is 11.6. The number of carboxylic acids is 2. The highest BCUT2D eigenvalue weighted by Crippen LogP contribution is 2.35. The highest BCUT2D eigenvalue weighted by molar-refractivity contribution is 7.80. The van der Waals surface area contributed by atoms with Crippen molar-refractivity contribution in [1.29, 1.82) is 0 Å². The smallest absolute Gasteiger partial charge is 0.397 e. The molecule has 290 valence electrons. The molecule has 14 N–H and O–H groups in total. The first-order valence-electron chi connectivity index (χ1n) is 14.7. The van der Waals surface area contributed by atoms with Gasteiger partial charge in [-0.15, -0.1) is 0 Å². The summed E-state index contributed by atoms with van der Waals surface area (Å²) in [4.78, 5) is 23.7. The van der Waals surface area contributed by atoms with Crippen LogP contribution in [0.1, 0.15) is 0 Å². The van der Waals surface area contributed by atoms with Crippen molar-refractivity contribution in [2.75, 3.05) is 19.8 Å². The quantitative estimate of drug-likeness (QED) is 0.0776. The molecule has 4 rings (SSSR count). The Labute approximate surface area is 280 Å². The molecule has 0 amide bonds. The van der Waals surface area contributed by atoms with Crippen LogP contribution in [0.5, 0.6) is 0 Å². The van der Waals surface area contributed by atoms with E-state index in [1.807, 2.05) is 0 Å². The SMILES string of the molecule is N[C@H]1[C@@H](O[C@H]2[C@H](O)[C@@H](OS(=O)(=O)O)[C@H](O[C@H]3[C@H](O)[C@@H](CO)O[C@@H]3CO)O[C@H]2C(=O)O)O[C@H](CO)[C@@H](O[C@@H]2O[C@@H](C(=O)O)[C@@H](O)[C@H](O)[C@H]2O)[C@@H]1O. The summed E-state index contributed by atoms with van der Waals surface area (Å²) in [6.45, 7) is -2.66. The average molecular weight is 758 g/mol.